The summed E-state index contributed by atoms with van der Waals surface area (Å²) in [7, 11) is -14.4. The summed E-state index contributed by atoms with van der Waals surface area (Å²) in [6.07, 6.45) is 10.5. The molecule has 676 valence electrons. The number of rotatable bonds is 41. The average molecular weight is 1790 g/mol. The molecule has 6 aromatic carbocycles. The highest BCUT2D eigenvalue weighted by Gasteiger charge is 2.28. The van der Waals surface area contributed by atoms with Crippen molar-refractivity contribution in [1.29, 1.82) is 0 Å². The van der Waals surface area contributed by atoms with Gasteiger partial charge >= 0.3 is 0 Å². The number of carbonyl (C=O) groups excluding carboxylic acids is 2. The van der Waals surface area contributed by atoms with Gasteiger partial charge in [0.15, 0.2) is 0 Å². The predicted molar refractivity (Wildman–Crippen MR) is 508 cm³/mol. The SMILES string of the molecule is CCCCCCCNCc1ccc(-c2c3ccc(=[N+](CC)CC)cc-3oc3cc(N(CC)CC)ccc23)c(S(=O)(=O)[O-])c1.CCN(CC)c1ccc2c(-c3ccc(CNCCCCN=C=O)cc3S(=O)(=O)[O-])c3ccc(=[N+](CC)CC)cc-3oc2c1.CCN(CC)c1ccc2c(-c3ccc(CNCCN=C=O)cc3S(=O)(=O)[O-])c3ccc(=[N+](CC)CC)cc-3oc2c1. The molecule has 0 spiro atoms. The number of benzene rings is 9. The minimum Gasteiger partial charge on any atom is -0.744 e. The van der Waals surface area contributed by atoms with Gasteiger partial charge in [0.1, 0.15) is 104 Å². The van der Waals surface area contributed by atoms with Crippen LogP contribution in [0.4, 0.5) is 17.1 Å². The lowest BCUT2D eigenvalue weighted by Crippen LogP contribution is -2.29. The zero-order valence-corrected chi connectivity index (χ0v) is 78.1. The van der Waals surface area contributed by atoms with Crippen LogP contribution in [0.5, 0.6) is 0 Å². The number of anilines is 3. The van der Waals surface area contributed by atoms with E-state index < -0.39 is 30.4 Å². The van der Waals surface area contributed by atoms with Crippen molar-refractivity contribution in [3.63, 3.8) is 0 Å². The summed E-state index contributed by atoms with van der Waals surface area (Å²) in [5, 5.41) is 15.0. The smallest absolute Gasteiger partial charge is 0.234 e. The first kappa shape index (κ1) is 98.3. The molecule has 127 heavy (non-hydrogen) atoms. The fraction of sp³-hybridized carbons (Fsp3) is 0.404. The highest BCUT2D eigenvalue weighted by Crippen LogP contribution is 2.47. The van der Waals surface area contributed by atoms with Crippen LogP contribution in [-0.2, 0) is 59.6 Å². The molecule has 0 radical (unpaired) electrons. The Labute approximate surface area is 748 Å². The van der Waals surface area contributed by atoms with Crippen molar-refractivity contribution in [1.82, 2.24) is 29.7 Å². The van der Waals surface area contributed by atoms with E-state index in [2.05, 4.69) is 144 Å². The fourth-order valence-corrected chi connectivity index (χ4v) is 18.9. The topological polar surface area (TPSA) is 325 Å². The molecule has 6 aromatic rings. The summed E-state index contributed by atoms with van der Waals surface area (Å²) < 4.78 is 141. The minimum atomic E-state index is -4.83. The van der Waals surface area contributed by atoms with Crippen LogP contribution in [0.1, 0.15) is 152 Å². The van der Waals surface area contributed by atoms with E-state index in [0.717, 1.165) is 165 Å². The van der Waals surface area contributed by atoms with E-state index in [1.165, 1.54) is 56.0 Å². The average Bonchev–Trinajstić information content (AvgIpc) is 0.749. The number of unbranched alkanes of at least 4 members (excludes halogenated alkanes) is 5. The molecule has 6 aliphatic rings. The van der Waals surface area contributed by atoms with Crippen LogP contribution in [0.3, 0.4) is 0 Å². The third kappa shape index (κ3) is 24.5. The Kier molecular flexibility index (Phi) is 36.2. The van der Waals surface area contributed by atoms with Gasteiger partial charge in [-0.1, -0.05) is 69.0 Å². The van der Waals surface area contributed by atoms with Gasteiger partial charge in [0.05, 0.1) is 46.0 Å². The molecule has 0 amide bonds. The summed E-state index contributed by atoms with van der Waals surface area (Å²) in [5.74, 6) is 1.86. The molecular weight excluding hydrogens is 1660 g/mol. The quantitative estimate of drug-likeness (QED) is 0.00800. The molecule has 3 N–H and O–H groups in total. The Morgan fingerprint density at radius 3 is 0.913 bits per heavy atom. The van der Waals surface area contributed by atoms with E-state index >= 15 is 0 Å². The van der Waals surface area contributed by atoms with E-state index in [4.69, 9.17) is 13.3 Å². The Bertz CT molecular complexity index is 6380. The molecular formula is C99H123N11O14S3. The number of isocyanates is 2. The largest absolute Gasteiger partial charge is 0.744 e. The van der Waals surface area contributed by atoms with E-state index in [-0.39, 0.29) is 21.2 Å². The molecule has 0 aromatic heterocycles. The van der Waals surface area contributed by atoms with Crippen molar-refractivity contribution in [3.05, 3.63) is 197 Å². The number of hydrogen-bond acceptors (Lipinski definition) is 22. The zero-order valence-electron chi connectivity index (χ0n) is 75.7. The summed E-state index contributed by atoms with van der Waals surface area (Å²) >= 11 is 0. The van der Waals surface area contributed by atoms with Crippen molar-refractivity contribution in [2.45, 2.75) is 169 Å². The van der Waals surface area contributed by atoms with E-state index in [0.29, 0.717) is 129 Å². The Morgan fingerprint density at radius 1 is 0.331 bits per heavy atom. The standard InChI is InChI=1S/C35H47N3O4S.C33H40N4O5S.C31H36N4O5S/c1-6-11-12-13-14-21-36-25-26-15-18-31(34(22-26)43(39,40)41)35-29-19-16-27(37(7-2)8-3)23-32(29)42-33-24-28(17-20-30(33)35)38(9-4)10-5;1-5-36(6-2)25-12-15-27-30(20-25)42-31-21-26(37(7-3)8-4)13-16-28(31)33(27)29-14-11-24(19-32(29)43(39,40)41)22-34-17-9-10-18-35-23-38;1-5-34(6-2)23-10-13-25-28(18-23)40-29-19-24(35(7-3)8-4)11-14-26(29)31(25)27-12-9-22(17-30(27)41(37,38)39)20-32-15-16-33-21-36/h15-20,22-24,36H,6-14,21,25H2,1-5H3;11-16,19-21,34H,5-10,17-18,22H2,1-4H3;9-14,17-19,32H,5-8,15-16,20H2,1-4H3. The first-order valence-corrected chi connectivity index (χ1v) is 49.0. The molecule has 28 heteroatoms. The molecule has 0 unspecified atom stereocenters. The number of nitrogens with one attached hydrogen (secondary N) is 3. The van der Waals surface area contributed by atoms with Crippen molar-refractivity contribution < 1.29 is 61.8 Å². The summed E-state index contributed by atoms with van der Waals surface area (Å²) in [4.78, 5) is 33.4. The van der Waals surface area contributed by atoms with Gasteiger partial charge in [0, 0.05) is 185 Å². The molecule has 25 nitrogen and oxygen atoms in total. The van der Waals surface area contributed by atoms with Gasteiger partial charge < -0.3 is 57.6 Å². The van der Waals surface area contributed by atoms with Gasteiger partial charge in [0.25, 0.3) is 0 Å². The summed E-state index contributed by atoms with van der Waals surface area (Å²) in [6.45, 7) is 41.2. The third-order valence-electron chi connectivity index (χ3n) is 23.4. The summed E-state index contributed by atoms with van der Waals surface area (Å²) in [6, 6.07) is 51.0. The second-order valence-corrected chi connectivity index (χ2v) is 35.0. The lowest BCUT2D eigenvalue weighted by Gasteiger charge is -2.23. The number of nitrogens with zero attached hydrogens (tertiary/aromatic N) is 8. The summed E-state index contributed by atoms with van der Waals surface area (Å²) in [5.41, 5.74) is 12.2. The molecule has 3 aliphatic carbocycles. The first-order chi connectivity index (χ1) is 61.2. The Morgan fingerprint density at radius 2 is 0.622 bits per heavy atom. The maximum atomic E-state index is 12.8. The first-order valence-electron chi connectivity index (χ1n) is 44.7. The number of aliphatic imine (C=N–C) groups is 2. The van der Waals surface area contributed by atoms with Crippen molar-refractivity contribution in [3.8, 4) is 67.4 Å². The van der Waals surface area contributed by atoms with Crippen LogP contribution >= 0.6 is 0 Å². The van der Waals surface area contributed by atoms with E-state index in [1.807, 2.05) is 121 Å². The van der Waals surface area contributed by atoms with Crippen LogP contribution in [0.15, 0.2) is 202 Å². The molecule has 0 fully saturated rings. The molecule has 0 bridgehead atoms. The molecule has 0 saturated carbocycles. The predicted octanol–water partition coefficient (Wildman–Crippen LogP) is 16.0. The second-order valence-electron chi connectivity index (χ2n) is 31.0. The van der Waals surface area contributed by atoms with Gasteiger partial charge in [0.2, 0.25) is 28.2 Å². The van der Waals surface area contributed by atoms with Gasteiger partial charge in [-0.2, -0.15) is 0 Å². The van der Waals surface area contributed by atoms with Crippen molar-refractivity contribution in [2.24, 2.45) is 9.98 Å². The van der Waals surface area contributed by atoms with Crippen molar-refractivity contribution in [2.75, 3.05) is 126 Å². The van der Waals surface area contributed by atoms with Gasteiger partial charge in [-0.15, -0.1) is 0 Å². The molecule has 3 aliphatic heterocycles. The maximum absolute atomic E-state index is 12.8. The van der Waals surface area contributed by atoms with Crippen LogP contribution in [0.2, 0.25) is 0 Å². The molecule has 12 rings (SSSR count). The van der Waals surface area contributed by atoms with E-state index in [1.54, 1.807) is 24.3 Å². The lowest BCUT2D eigenvalue weighted by molar-refractivity contribution is 0.461. The lowest BCUT2D eigenvalue weighted by atomic mass is 9.92. The molecule has 0 saturated heterocycles. The van der Waals surface area contributed by atoms with Gasteiger partial charge in [-0.3, -0.25) is 0 Å². The minimum absolute atomic E-state index is 0.204. The van der Waals surface area contributed by atoms with Gasteiger partial charge in [-0.25, -0.2) is 58.6 Å². The van der Waals surface area contributed by atoms with E-state index in [9.17, 15) is 48.5 Å². The van der Waals surface area contributed by atoms with Crippen LogP contribution in [-0.4, -0.2) is 162 Å². The highest BCUT2D eigenvalue weighted by atomic mass is 32.2. The molecule has 0 atom stereocenters. The molecule has 3 heterocycles. The fourth-order valence-electron chi connectivity index (χ4n) is 16.7. The number of hydrogen-bond donors (Lipinski definition) is 3. The Hall–Kier alpha value is -10.8. The third-order valence-corrected chi connectivity index (χ3v) is 26.1. The second kappa shape index (κ2) is 46.8. The van der Waals surface area contributed by atoms with Crippen LogP contribution < -0.4 is 60.4 Å². The van der Waals surface area contributed by atoms with Crippen LogP contribution in [0, 0.1) is 0 Å². The highest BCUT2D eigenvalue weighted by molar-refractivity contribution is 7.86. The number of fused-ring (bicyclic) bond motifs is 6. The van der Waals surface area contributed by atoms with Crippen molar-refractivity contribution >= 4 is 92.5 Å². The Balaban J connectivity index is 0.000000199. The monoisotopic (exact) mass is 1790 g/mol. The van der Waals surface area contributed by atoms with Crippen LogP contribution in [0.25, 0.3) is 100 Å². The van der Waals surface area contributed by atoms with Gasteiger partial charge in [-0.05, 0) is 205 Å². The maximum Gasteiger partial charge on any atom is 0.234 e. The normalized spacial score (nSPS) is 11.7. The zero-order chi connectivity index (χ0) is 91.5.